The van der Waals surface area contributed by atoms with Gasteiger partial charge in [-0.15, -0.1) is 0 Å². The van der Waals surface area contributed by atoms with Gasteiger partial charge in [-0.2, -0.15) is 0 Å². The Morgan fingerprint density at radius 2 is 1.82 bits per heavy atom. The van der Waals surface area contributed by atoms with Gasteiger partial charge in [-0.1, -0.05) is 64.1 Å². The number of carbonyl (C=O) groups excluding carboxylic acids is 1. The number of ether oxygens (including phenoxy) is 2. The topological polar surface area (TPSA) is 47.6 Å². The molecule has 1 heterocycles. The Hall–Kier alpha value is -2.49. The van der Waals surface area contributed by atoms with Crippen molar-refractivity contribution in [2.45, 2.75) is 64.5 Å². The lowest BCUT2D eigenvalue weighted by Gasteiger charge is -2.41. The highest BCUT2D eigenvalue weighted by molar-refractivity contribution is 5.78. The van der Waals surface area contributed by atoms with E-state index < -0.39 is 0 Å². The molecule has 1 aliphatic heterocycles. The molecule has 3 rings (SSSR count). The highest BCUT2D eigenvalue weighted by Gasteiger charge is 2.38. The molecule has 0 saturated carbocycles. The van der Waals surface area contributed by atoms with E-state index in [0.717, 1.165) is 41.9 Å². The van der Waals surface area contributed by atoms with Crippen LogP contribution < -0.4 is 14.8 Å². The first-order chi connectivity index (χ1) is 13.5. The van der Waals surface area contributed by atoms with Crippen LogP contribution in [-0.4, -0.2) is 18.1 Å². The van der Waals surface area contributed by atoms with Crippen molar-refractivity contribution >= 4 is 5.91 Å². The Morgan fingerprint density at radius 1 is 1.14 bits per heavy atom. The largest absolute Gasteiger partial charge is 0.487 e. The molecule has 4 nitrogen and oxygen atoms in total. The van der Waals surface area contributed by atoms with Crippen LogP contribution >= 0.6 is 0 Å². The Labute approximate surface area is 168 Å². The standard InChI is InChI=1S/C24H31NO3/c1-5-24(6-2)15-20(19-12-8-10-14-22(19)28-24)25-23(26)16-27-21-13-9-7-11-18(21)17(3)4/h7-14,17,20H,5-6,15-16H2,1-4H3,(H,25,26). The third-order valence-corrected chi connectivity index (χ3v) is 5.72. The summed E-state index contributed by atoms with van der Waals surface area (Å²) in [6, 6.07) is 15.8. The summed E-state index contributed by atoms with van der Waals surface area (Å²) < 4.78 is 12.2. The molecule has 1 aliphatic rings. The second-order valence-electron chi connectivity index (χ2n) is 7.84. The van der Waals surface area contributed by atoms with Gasteiger partial charge in [0.2, 0.25) is 0 Å². The Kier molecular flexibility index (Phi) is 6.28. The maximum absolute atomic E-state index is 12.7. The molecular weight excluding hydrogens is 350 g/mol. The molecule has 150 valence electrons. The Bertz CT molecular complexity index is 811. The van der Waals surface area contributed by atoms with Crippen molar-refractivity contribution in [3.05, 3.63) is 59.7 Å². The molecule has 0 spiro atoms. The first-order valence-electron chi connectivity index (χ1n) is 10.3. The van der Waals surface area contributed by atoms with Crippen LogP contribution in [0.1, 0.15) is 70.0 Å². The monoisotopic (exact) mass is 381 g/mol. The van der Waals surface area contributed by atoms with Crippen LogP contribution in [0.2, 0.25) is 0 Å². The number of nitrogens with one attached hydrogen (secondary N) is 1. The third-order valence-electron chi connectivity index (χ3n) is 5.72. The number of fused-ring (bicyclic) bond motifs is 1. The average Bonchev–Trinajstić information content (AvgIpc) is 2.72. The summed E-state index contributed by atoms with van der Waals surface area (Å²) in [5, 5.41) is 3.17. The maximum atomic E-state index is 12.7. The van der Waals surface area contributed by atoms with Crippen LogP contribution in [0.5, 0.6) is 11.5 Å². The third kappa shape index (κ3) is 4.32. The molecule has 2 aromatic rings. The predicted molar refractivity (Wildman–Crippen MR) is 112 cm³/mol. The van der Waals surface area contributed by atoms with Crippen LogP contribution in [0.3, 0.4) is 0 Å². The quantitative estimate of drug-likeness (QED) is 0.700. The van der Waals surface area contributed by atoms with Crippen LogP contribution in [0.15, 0.2) is 48.5 Å². The number of benzene rings is 2. The number of rotatable bonds is 7. The van der Waals surface area contributed by atoms with Crippen molar-refractivity contribution in [3.8, 4) is 11.5 Å². The van der Waals surface area contributed by atoms with Crippen molar-refractivity contribution in [1.29, 1.82) is 0 Å². The van der Waals surface area contributed by atoms with Crippen LogP contribution in [-0.2, 0) is 4.79 Å². The lowest BCUT2D eigenvalue weighted by atomic mass is 9.83. The molecule has 0 radical (unpaired) electrons. The molecule has 1 amide bonds. The van der Waals surface area contributed by atoms with Crippen LogP contribution in [0, 0.1) is 0 Å². The second-order valence-corrected chi connectivity index (χ2v) is 7.84. The lowest BCUT2D eigenvalue weighted by molar-refractivity contribution is -0.124. The van der Waals surface area contributed by atoms with Crippen molar-refractivity contribution in [2.75, 3.05) is 6.61 Å². The van der Waals surface area contributed by atoms with Crippen molar-refractivity contribution in [2.24, 2.45) is 0 Å². The zero-order chi connectivity index (χ0) is 20.1. The fourth-order valence-corrected chi connectivity index (χ4v) is 3.90. The fourth-order valence-electron chi connectivity index (χ4n) is 3.90. The molecule has 0 saturated heterocycles. The van der Waals surface area contributed by atoms with Crippen LogP contribution in [0.4, 0.5) is 0 Å². The second kappa shape index (κ2) is 8.68. The highest BCUT2D eigenvalue weighted by Crippen LogP contribution is 2.42. The van der Waals surface area contributed by atoms with E-state index in [1.54, 1.807) is 0 Å². The summed E-state index contributed by atoms with van der Waals surface area (Å²) in [5.74, 6) is 1.88. The van der Waals surface area contributed by atoms with Crippen molar-refractivity contribution in [1.82, 2.24) is 5.32 Å². The van der Waals surface area contributed by atoms with Gasteiger partial charge >= 0.3 is 0 Å². The van der Waals surface area contributed by atoms with E-state index >= 15 is 0 Å². The molecule has 1 atom stereocenters. The van der Waals surface area contributed by atoms with Gasteiger partial charge in [0.05, 0.1) is 6.04 Å². The number of hydrogen-bond acceptors (Lipinski definition) is 3. The SMILES string of the molecule is CCC1(CC)CC(NC(=O)COc2ccccc2C(C)C)c2ccccc2O1. The van der Waals surface area contributed by atoms with Gasteiger partial charge in [-0.25, -0.2) is 0 Å². The molecular formula is C24H31NO3. The van der Waals surface area contributed by atoms with Crippen molar-refractivity contribution in [3.63, 3.8) is 0 Å². The minimum absolute atomic E-state index is 0.00844. The molecule has 0 aliphatic carbocycles. The molecule has 1 N–H and O–H groups in total. The van der Waals surface area contributed by atoms with E-state index in [9.17, 15) is 4.79 Å². The summed E-state index contributed by atoms with van der Waals surface area (Å²) in [6.45, 7) is 8.53. The lowest BCUT2D eigenvalue weighted by Crippen LogP contribution is -2.45. The van der Waals surface area contributed by atoms with Gasteiger partial charge in [0, 0.05) is 12.0 Å². The van der Waals surface area contributed by atoms with E-state index in [-0.39, 0.29) is 24.2 Å². The first-order valence-corrected chi connectivity index (χ1v) is 10.3. The van der Waals surface area contributed by atoms with Gasteiger partial charge in [-0.05, 0) is 36.5 Å². The molecule has 28 heavy (non-hydrogen) atoms. The number of hydrogen-bond donors (Lipinski definition) is 1. The molecule has 0 aromatic heterocycles. The maximum Gasteiger partial charge on any atom is 0.258 e. The van der Waals surface area contributed by atoms with Crippen molar-refractivity contribution < 1.29 is 14.3 Å². The van der Waals surface area contributed by atoms with E-state index in [1.807, 2.05) is 48.5 Å². The van der Waals surface area contributed by atoms with Gasteiger partial charge in [0.25, 0.3) is 5.91 Å². The zero-order valence-corrected chi connectivity index (χ0v) is 17.3. The summed E-state index contributed by atoms with van der Waals surface area (Å²) in [7, 11) is 0. The molecule has 0 bridgehead atoms. The smallest absolute Gasteiger partial charge is 0.258 e. The normalized spacial score (nSPS) is 17.5. The minimum atomic E-state index is -0.239. The van der Waals surface area contributed by atoms with Gasteiger partial charge in [0.1, 0.15) is 17.1 Å². The number of para-hydroxylation sites is 2. The Balaban J connectivity index is 1.71. The van der Waals surface area contributed by atoms with E-state index in [0.29, 0.717) is 5.92 Å². The van der Waals surface area contributed by atoms with Gasteiger partial charge in [-0.3, -0.25) is 4.79 Å². The minimum Gasteiger partial charge on any atom is -0.487 e. The summed E-state index contributed by atoms with van der Waals surface area (Å²) in [6.07, 6.45) is 2.58. The van der Waals surface area contributed by atoms with Gasteiger partial charge < -0.3 is 14.8 Å². The van der Waals surface area contributed by atoms with E-state index in [2.05, 4.69) is 33.0 Å². The fraction of sp³-hybridized carbons (Fsp3) is 0.458. The predicted octanol–water partition coefficient (Wildman–Crippen LogP) is 5.39. The van der Waals surface area contributed by atoms with Crippen LogP contribution in [0.25, 0.3) is 0 Å². The average molecular weight is 382 g/mol. The zero-order valence-electron chi connectivity index (χ0n) is 17.3. The Morgan fingerprint density at radius 3 is 2.54 bits per heavy atom. The van der Waals surface area contributed by atoms with E-state index in [4.69, 9.17) is 9.47 Å². The molecule has 0 fully saturated rings. The molecule has 1 unspecified atom stereocenters. The summed E-state index contributed by atoms with van der Waals surface area (Å²) in [4.78, 5) is 12.7. The summed E-state index contributed by atoms with van der Waals surface area (Å²) >= 11 is 0. The van der Waals surface area contributed by atoms with E-state index in [1.165, 1.54) is 0 Å². The number of amides is 1. The first kappa shape index (κ1) is 20.2. The number of carbonyl (C=O) groups is 1. The van der Waals surface area contributed by atoms with Gasteiger partial charge in [0.15, 0.2) is 6.61 Å². The summed E-state index contributed by atoms with van der Waals surface area (Å²) in [5.41, 5.74) is 1.91. The molecule has 2 aromatic carbocycles. The molecule has 4 heteroatoms. The highest BCUT2D eigenvalue weighted by atomic mass is 16.5.